The van der Waals surface area contributed by atoms with E-state index >= 15 is 0 Å². The lowest BCUT2D eigenvalue weighted by Crippen LogP contribution is -2.43. The van der Waals surface area contributed by atoms with Crippen molar-refractivity contribution in [3.8, 4) is 0 Å². The number of rotatable bonds is 6. The molecule has 156 valence electrons. The summed E-state index contributed by atoms with van der Waals surface area (Å²) in [5.41, 5.74) is 2.31. The molecule has 5 heteroatoms. The first kappa shape index (κ1) is 20.3. The maximum absolute atomic E-state index is 12.7. The minimum Gasteiger partial charge on any atom is -0.379 e. The topological polar surface area (TPSA) is 54.5 Å². The van der Waals surface area contributed by atoms with Crippen molar-refractivity contribution in [2.45, 2.75) is 51.6 Å². The van der Waals surface area contributed by atoms with Gasteiger partial charge < -0.3 is 15.0 Å². The van der Waals surface area contributed by atoms with Gasteiger partial charge in [0.05, 0.1) is 24.8 Å². The van der Waals surface area contributed by atoms with Crippen LogP contribution in [0.3, 0.4) is 0 Å². The largest absolute Gasteiger partial charge is 0.379 e. The lowest BCUT2D eigenvalue weighted by Gasteiger charge is -2.34. The quantitative estimate of drug-likeness (QED) is 0.814. The Kier molecular flexibility index (Phi) is 6.46. The van der Waals surface area contributed by atoms with E-state index in [0.29, 0.717) is 37.5 Å². The van der Waals surface area contributed by atoms with E-state index in [1.165, 1.54) is 10.9 Å². The molecule has 1 aromatic heterocycles. The third kappa shape index (κ3) is 4.96. The molecule has 0 aliphatic carbocycles. The molecule has 2 aromatic rings. The summed E-state index contributed by atoms with van der Waals surface area (Å²) in [6.45, 7) is 8.04. The van der Waals surface area contributed by atoms with E-state index < -0.39 is 0 Å². The summed E-state index contributed by atoms with van der Waals surface area (Å²) in [7, 11) is 0. The standard InChI is InChI=1S/C24H33N3O2/c1-17(2)27-11-8-18(9-12-27)13-24(28)26-23-16-29-15-20(23)14-19-7-10-25-22-6-4-3-5-21(19)22/h3-7,10,17-18,20,23H,8-9,11-16H2,1-2H3,(H,26,28)/t20-,23+/m1/s1. The van der Waals surface area contributed by atoms with Crippen molar-refractivity contribution in [3.05, 3.63) is 42.1 Å². The maximum atomic E-state index is 12.7. The molecule has 29 heavy (non-hydrogen) atoms. The van der Waals surface area contributed by atoms with Crippen LogP contribution in [0.4, 0.5) is 0 Å². The number of likely N-dealkylation sites (tertiary alicyclic amines) is 1. The first-order valence-electron chi connectivity index (χ1n) is 11.0. The monoisotopic (exact) mass is 395 g/mol. The summed E-state index contributed by atoms with van der Waals surface area (Å²) in [6.07, 6.45) is 5.68. The smallest absolute Gasteiger partial charge is 0.220 e. The normalized spacial score (nSPS) is 23.7. The molecule has 1 aromatic carbocycles. The summed E-state index contributed by atoms with van der Waals surface area (Å²) in [5, 5.41) is 4.48. The minimum absolute atomic E-state index is 0.102. The van der Waals surface area contributed by atoms with Crippen molar-refractivity contribution < 1.29 is 9.53 Å². The van der Waals surface area contributed by atoms with Crippen LogP contribution >= 0.6 is 0 Å². The van der Waals surface area contributed by atoms with Crippen LogP contribution in [0.2, 0.25) is 0 Å². The van der Waals surface area contributed by atoms with Crippen molar-refractivity contribution in [2.24, 2.45) is 11.8 Å². The van der Waals surface area contributed by atoms with Crippen LogP contribution in [0.1, 0.15) is 38.7 Å². The van der Waals surface area contributed by atoms with Gasteiger partial charge in [0.15, 0.2) is 0 Å². The van der Waals surface area contributed by atoms with Crippen LogP contribution in [-0.4, -0.2) is 54.2 Å². The van der Waals surface area contributed by atoms with E-state index in [9.17, 15) is 4.79 Å². The fourth-order valence-corrected chi connectivity index (χ4v) is 4.78. The van der Waals surface area contributed by atoms with Gasteiger partial charge in [-0.1, -0.05) is 18.2 Å². The molecule has 2 aliphatic rings. The van der Waals surface area contributed by atoms with Crippen molar-refractivity contribution in [1.29, 1.82) is 0 Å². The number of hydrogen-bond donors (Lipinski definition) is 1. The van der Waals surface area contributed by atoms with E-state index in [4.69, 9.17) is 4.74 Å². The third-order valence-electron chi connectivity index (χ3n) is 6.62. The molecule has 2 fully saturated rings. The van der Waals surface area contributed by atoms with Gasteiger partial charge in [0.2, 0.25) is 5.91 Å². The number of nitrogens with zero attached hydrogens (tertiary/aromatic N) is 2. The predicted molar refractivity (Wildman–Crippen MR) is 116 cm³/mol. The molecule has 0 bridgehead atoms. The molecular weight excluding hydrogens is 362 g/mol. The first-order chi connectivity index (χ1) is 14.1. The van der Waals surface area contributed by atoms with Crippen molar-refractivity contribution in [1.82, 2.24) is 15.2 Å². The second-order valence-corrected chi connectivity index (χ2v) is 8.94. The highest BCUT2D eigenvalue weighted by Crippen LogP contribution is 2.25. The molecule has 3 heterocycles. The zero-order valence-electron chi connectivity index (χ0n) is 17.6. The van der Waals surface area contributed by atoms with Crippen LogP contribution in [0, 0.1) is 11.8 Å². The number of hydrogen-bond acceptors (Lipinski definition) is 4. The molecule has 0 spiro atoms. The summed E-state index contributed by atoms with van der Waals surface area (Å²) in [6, 6.07) is 11.1. The van der Waals surface area contributed by atoms with Crippen LogP contribution in [0.5, 0.6) is 0 Å². The summed E-state index contributed by atoms with van der Waals surface area (Å²) >= 11 is 0. The fraction of sp³-hybridized carbons (Fsp3) is 0.583. The summed E-state index contributed by atoms with van der Waals surface area (Å²) in [4.78, 5) is 19.7. The molecular formula is C24H33N3O2. The molecule has 0 saturated carbocycles. The van der Waals surface area contributed by atoms with Gasteiger partial charge in [-0.3, -0.25) is 9.78 Å². The average Bonchev–Trinajstić information content (AvgIpc) is 3.15. The number of piperidine rings is 1. The third-order valence-corrected chi connectivity index (χ3v) is 6.62. The van der Waals surface area contributed by atoms with Crippen molar-refractivity contribution in [2.75, 3.05) is 26.3 Å². The number of ether oxygens (including phenoxy) is 1. The molecule has 2 aliphatic heterocycles. The van der Waals surface area contributed by atoms with Gasteiger partial charge in [-0.05, 0) is 69.8 Å². The lowest BCUT2D eigenvalue weighted by atomic mass is 9.91. The van der Waals surface area contributed by atoms with E-state index in [-0.39, 0.29) is 11.9 Å². The summed E-state index contributed by atoms with van der Waals surface area (Å²) in [5.74, 6) is 1.01. The Morgan fingerprint density at radius 1 is 1.21 bits per heavy atom. The molecule has 0 unspecified atom stereocenters. The Morgan fingerprint density at radius 2 is 2.00 bits per heavy atom. The van der Waals surface area contributed by atoms with Crippen LogP contribution in [0.25, 0.3) is 10.9 Å². The van der Waals surface area contributed by atoms with Crippen molar-refractivity contribution >= 4 is 16.8 Å². The van der Waals surface area contributed by atoms with Gasteiger partial charge in [0, 0.05) is 30.0 Å². The van der Waals surface area contributed by atoms with Gasteiger partial charge >= 0.3 is 0 Å². The van der Waals surface area contributed by atoms with Crippen LogP contribution < -0.4 is 5.32 Å². The van der Waals surface area contributed by atoms with Gasteiger partial charge in [-0.2, -0.15) is 0 Å². The average molecular weight is 396 g/mol. The number of para-hydroxylation sites is 1. The van der Waals surface area contributed by atoms with E-state index in [1.54, 1.807) is 0 Å². The molecule has 1 amide bonds. The van der Waals surface area contributed by atoms with E-state index in [2.05, 4.69) is 47.2 Å². The number of nitrogens with one attached hydrogen (secondary N) is 1. The highest BCUT2D eigenvalue weighted by atomic mass is 16.5. The van der Waals surface area contributed by atoms with E-state index in [0.717, 1.165) is 37.9 Å². The molecule has 0 radical (unpaired) electrons. The Bertz CT molecular complexity index is 824. The first-order valence-corrected chi connectivity index (χ1v) is 11.0. The van der Waals surface area contributed by atoms with Gasteiger partial charge in [0.1, 0.15) is 0 Å². The maximum Gasteiger partial charge on any atom is 0.220 e. The zero-order valence-corrected chi connectivity index (χ0v) is 17.6. The van der Waals surface area contributed by atoms with Gasteiger partial charge in [-0.25, -0.2) is 0 Å². The number of fused-ring (bicyclic) bond motifs is 1. The molecule has 5 nitrogen and oxygen atoms in total. The SMILES string of the molecule is CC(C)N1CCC(CC(=O)N[C@H]2COC[C@H]2Cc2ccnc3ccccc23)CC1. The van der Waals surface area contributed by atoms with Gasteiger partial charge in [0.25, 0.3) is 0 Å². The minimum atomic E-state index is 0.102. The zero-order chi connectivity index (χ0) is 20.2. The second-order valence-electron chi connectivity index (χ2n) is 8.94. The second kappa shape index (κ2) is 9.23. The number of benzene rings is 1. The fourth-order valence-electron chi connectivity index (χ4n) is 4.78. The summed E-state index contributed by atoms with van der Waals surface area (Å²) < 4.78 is 5.75. The molecule has 2 atom stereocenters. The number of pyridine rings is 1. The Labute approximate surface area is 173 Å². The number of aromatic nitrogens is 1. The molecule has 4 rings (SSSR count). The number of carbonyl (C=O) groups is 1. The number of amides is 1. The highest BCUT2D eigenvalue weighted by molar-refractivity contribution is 5.82. The van der Waals surface area contributed by atoms with E-state index in [1.807, 2.05) is 18.3 Å². The Balaban J connectivity index is 1.32. The Morgan fingerprint density at radius 3 is 2.79 bits per heavy atom. The predicted octanol–water partition coefficient (Wildman–Crippen LogP) is 3.42. The highest BCUT2D eigenvalue weighted by Gasteiger charge is 2.31. The van der Waals surface area contributed by atoms with Gasteiger partial charge in [-0.15, -0.1) is 0 Å². The van der Waals surface area contributed by atoms with Crippen LogP contribution in [-0.2, 0) is 16.0 Å². The number of carbonyl (C=O) groups excluding carboxylic acids is 1. The van der Waals surface area contributed by atoms with Crippen LogP contribution in [0.15, 0.2) is 36.5 Å². The van der Waals surface area contributed by atoms with Crippen molar-refractivity contribution in [3.63, 3.8) is 0 Å². The molecule has 1 N–H and O–H groups in total. The lowest BCUT2D eigenvalue weighted by molar-refractivity contribution is -0.123. The molecule has 2 saturated heterocycles. The Hall–Kier alpha value is -1.98.